The number of hydrogen-bond donors (Lipinski definition) is 1. The van der Waals surface area contributed by atoms with Crippen LogP contribution in [0.2, 0.25) is 0 Å². The Bertz CT molecular complexity index is 1210. The monoisotopic (exact) mass is 419 g/mol. The molecule has 4 aromatic rings. The second kappa shape index (κ2) is 8.51. The summed E-state index contributed by atoms with van der Waals surface area (Å²) in [6.07, 6.45) is 0.994. The number of fused-ring (bicyclic) bond motifs is 1. The normalized spacial score (nSPS) is 10.9. The number of aryl methyl sites for hydroxylation is 1. The van der Waals surface area contributed by atoms with E-state index in [2.05, 4.69) is 27.6 Å². The van der Waals surface area contributed by atoms with Crippen molar-refractivity contribution in [1.82, 2.24) is 9.55 Å². The van der Waals surface area contributed by atoms with Crippen molar-refractivity contribution < 1.29 is 14.3 Å². The Morgan fingerprint density at radius 3 is 2.57 bits per heavy atom. The van der Waals surface area contributed by atoms with Gasteiger partial charge >= 0.3 is 5.97 Å². The highest BCUT2D eigenvalue weighted by molar-refractivity contribution is 7.17. The van der Waals surface area contributed by atoms with Crippen molar-refractivity contribution in [2.45, 2.75) is 19.9 Å². The van der Waals surface area contributed by atoms with Crippen LogP contribution in [0.4, 0.5) is 5.69 Å². The summed E-state index contributed by atoms with van der Waals surface area (Å²) in [5.74, 6) is 0.269. The molecular weight excluding hydrogens is 398 g/mol. The first-order valence-corrected chi connectivity index (χ1v) is 10.5. The third-order valence-electron chi connectivity index (χ3n) is 4.72. The van der Waals surface area contributed by atoms with Gasteiger partial charge in [-0.25, -0.2) is 9.78 Å². The Kier molecular flexibility index (Phi) is 5.63. The van der Waals surface area contributed by atoms with Gasteiger partial charge in [0.25, 0.3) is 5.91 Å². The fourth-order valence-corrected chi connectivity index (χ4v) is 4.19. The molecule has 30 heavy (non-hydrogen) atoms. The van der Waals surface area contributed by atoms with Gasteiger partial charge < -0.3 is 14.6 Å². The largest absolute Gasteiger partial charge is 0.465 e. The van der Waals surface area contributed by atoms with Crippen LogP contribution in [0.25, 0.3) is 21.7 Å². The lowest BCUT2D eigenvalue weighted by Crippen LogP contribution is -2.10. The summed E-state index contributed by atoms with van der Waals surface area (Å²) in [6.45, 7) is 3.00. The molecule has 0 saturated carbocycles. The maximum absolute atomic E-state index is 12.7. The lowest BCUT2D eigenvalue weighted by atomic mass is 10.2. The number of para-hydroxylation sites is 2. The van der Waals surface area contributed by atoms with Crippen LogP contribution in [-0.4, -0.2) is 28.5 Å². The fraction of sp³-hybridized carbons (Fsp3) is 0.174. The molecule has 2 heterocycles. The number of nitrogens with one attached hydrogen (secondary N) is 1. The van der Waals surface area contributed by atoms with Crippen LogP contribution in [0.5, 0.6) is 0 Å². The van der Waals surface area contributed by atoms with E-state index >= 15 is 0 Å². The van der Waals surface area contributed by atoms with Crippen LogP contribution in [0.3, 0.4) is 0 Å². The van der Waals surface area contributed by atoms with Gasteiger partial charge in [-0.05, 0) is 55.0 Å². The molecule has 6 nitrogen and oxygen atoms in total. The number of aromatic nitrogens is 2. The minimum Gasteiger partial charge on any atom is -0.465 e. The van der Waals surface area contributed by atoms with Crippen LogP contribution in [0, 0.1) is 0 Å². The average molecular weight is 420 g/mol. The number of carbonyl (C=O) groups is 2. The summed E-state index contributed by atoms with van der Waals surface area (Å²) in [6, 6.07) is 18.4. The molecule has 0 aliphatic carbocycles. The third kappa shape index (κ3) is 3.84. The van der Waals surface area contributed by atoms with Gasteiger partial charge in [0.1, 0.15) is 0 Å². The number of ether oxygens (including phenoxy) is 1. The van der Waals surface area contributed by atoms with Crippen molar-refractivity contribution in [3.05, 3.63) is 71.1 Å². The first-order chi connectivity index (χ1) is 14.6. The number of hydrogen-bond acceptors (Lipinski definition) is 5. The topological polar surface area (TPSA) is 73.2 Å². The number of esters is 1. The van der Waals surface area contributed by atoms with Gasteiger partial charge in [-0.1, -0.05) is 19.1 Å². The molecule has 0 bridgehead atoms. The lowest BCUT2D eigenvalue weighted by molar-refractivity contribution is 0.0600. The van der Waals surface area contributed by atoms with Gasteiger partial charge in [-0.2, -0.15) is 0 Å². The first kappa shape index (κ1) is 19.8. The average Bonchev–Trinajstić information content (AvgIpc) is 3.39. The van der Waals surface area contributed by atoms with Gasteiger partial charge in [-0.3, -0.25) is 4.79 Å². The SMILES string of the molecule is CCCn1c(-c2ccc(C(=O)Nc3ccc(C(=O)OC)cc3)s2)nc2ccccc21. The summed E-state index contributed by atoms with van der Waals surface area (Å²) < 4.78 is 6.89. The van der Waals surface area contributed by atoms with E-state index < -0.39 is 5.97 Å². The van der Waals surface area contributed by atoms with Crippen molar-refractivity contribution in [2.24, 2.45) is 0 Å². The zero-order valence-electron chi connectivity index (χ0n) is 16.7. The number of thiophene rings is 1. The molecule has 0 atom stereocenters. The minimum absolute atomic E-state index is 0.199. The number of amides is 1. The maximum atomic E-state index is 12.7. The molecule has 4 rings (SSSR count). The third-order valence-corrected chi connectivity index (χ3v) is 5.80. The van der Waals surface area contributed by atoms with Crippen LogP contribution in [0.1, 0.15) is 33.4 Å². The van der Waals surface area contributed by atoms with Gasteiger partial charge in [0, 0.05) is 12.2 Å². The summed E-state index contributed by atoms with van der Waals surface area (Å²) in [5, 5.41) is 2.87. The van der Waals surface area contributed by atoms with Crippen LogP contribution in [0.15, 0.2) is 60.7 Å². The zero-order chi connectivity index (χ0) is 21.1. The maximum Gasteiger partial charge on any atom is 0.337 e. The predicted molar refractivity (Wildman–Crippen MR) is 119 cm³/mol. The number of carbonyl (C=O) groups excluding carboxylic acids is 2. The molecular formula is C23H21N3O3S. The quantitative estimate of drug-likeness (QED) is 0.435. The Labute approximate surface area is 178 Å². The first-order valence-electron chi connectivity index (χ1n) is 9.66. The molecule has 0 unspecified atom stereocenters. The Hall–Kier alpha value is -3.45. The smallest absolute Gasteiger partial charge is 0.337 e. The molecule has 152 valence electrons. The number of benzene rings is 2. The van der Waals surface area contributed by atoms with Gasteiger partial charge in [0.2, 0.25) is 0 Å². The molecule has 0 fully saturated rings. The second-order valence-corrected chi connectivity index (χ2v) is 7.85. The van der Waals surface area contributed by atoms with Crippen LogP contribution < -0.4 is 5.32 Å². The molecule has 2 aromatic carbocycles. The number of imidazole rings is 1. The summed E-state index contributed by atoms with van der Waals surface area (Å²) in [4.78, 5) is 30.6. The van der Waals surface area contributed by atoms with E-state index in [4.69, 9.17) is 4.98 Å². The Balaban J connectivity index is 1.57. The van der Waals surface area contributed by atoms with Crippen molar-refractivity contribution in [3.63, 3.8) is 0 Å². The van der Waals surface area contributed by atoms with Gasteiger partial charge in [0.05, 0.1) is 33.5 Å². The lowest BCUT2D eigenvalue weighted by Gasteiger charge is -2.06. The molecule has 7 heteroatoms. The van der Waals surface area contributed by atoms with E-state index in [1.807, 2.05) is 30.3 Å². The molecule has 1 amide bonds. The number of rotatable bonds is 6. The predicted octanol–water partition coefficient (Wildman–Crippen LogP) is 5.21. The number of methoxy groups -OCH3 is 1. The number of nitrogens with zero attached hydrogens (tertiary/aromatic N) is 2. The summed E-state index contributed by atoms with van der Waals surface area (Å²) >= 11 is 1.41. The minimum atomic E-state index is -0.411. The second-order valence-electron chi connectivity index (χ2n) is 6.76. The van der Waals surface area contributed by atoms with E-state index in [-0.39, 0.29) is 5.91 Å². The van der Waals surface area contributed by atoms with Gasteiger partial charge in [-0.15, -0.1) is 11.3 Å². The van der Waals surface area contributed by atoms with Crippen LogP contribution in [-0.2, 0) is 11.3 Å². The van der Waals surface area contributed by atoms with Crippen molar-refractivity contribution >= 4 is 39.9 Å². The van der Waals surface area contributed by atoms with E-state index in [0.717, 1.165) is 34.7 Å². The molecule has 0 aliphatic heterocycles. The van der Waals surface area contributed by atoms with Crippen LogP contribution >= 0.6 is 11.3 Å². The molecule has 0 radical (unpaired) electrons. The molecule has 0 saturated heterocycles. The summed E-state index contributed by atoms with van der Waals surface area (Å²) in [7, 11) is 1.33. The molecule has 0 aliphatic rings. The Morgan fingerprint density at radius 2 is 1.83 bits per heavy atom. The van der Waals surface area contributed by atoms with E-state index in [1.54, 1.807) is 24.3 Å². The molecule has 1 N–H and O–H groups in total. The van der Waals surface area contributed by atoms with E-state index in [1.165, 1.54) is 18.4 Å². The van der Waals surface area contributed by atoms with Crippen molar-refractivity contribution in [1.29, 1.82) is 0 Å². The zero-order valence-corrected chi connectivity index (χ0v) is 17.5. The molecule has 2 aromatic heterocycles. The Morgan fingerprint density at radius 1 is 1.07 bits per heavy atom. The molecule has 0 spiro atoms. The summed E-state index contributed by atoms with van der Waals surface area (Å²) in [5.41, 5.74) is 3.09. The van der Waals surface area contributed by atoms with E-state index in [9.17, 15) is 9.59 Å². The van der Waals surface area contributed by atoms with E-state index in [0.29, 0.717) is 16.1 Å². The van der Waals surface area contributed by atoms with Gasteiger partial charge in [0.15, 0.2) is 5.82 Å². The fourth-order valence-electron chi connectivity index (χ4n) is 3.29. The van der Waals surface area contributed by atoms with Crippen molar-refractivity contribution in [2.75, 3.05) is 12.4 Å². The van der Waals surface area contributed by atoms with Crippen molar-refractivity contribution in [3.8, 4) is 10.7 Å². The highest BCUT2D eigenvalue weighted by Crippen LogP contribution is 2.31. The highest BCUT2D eigenvalue weighted by Gasteiger charge is 2.16. The standard InChI is InChI=1S/C23H21N3O3S/c1-3-14-26-18-7-5-4-6-17(18)25-21(26)19-12-13-20(30-19)22(27)24-16-10-8-15(9-11-16)23(28)29-2/h4-13H,3,14H2,1-2H3,(H,24,27). The number of anilines is 1. The highest BCUT2D eigenvalue weighted by atomic mass is 32.1.